The van der Waals surface area contributed by atoms with Crippen LogP contribution in [0.25, 0.3) is 0 Å². The van der Waals surface area contributed by atoms with Gasteiger partial charge in [-0.2, -0.15) is 0 Å². The van der Waals surface area contributed by atoms with Crippen molar-refractivity contribution in [2.45, 2.75) is 44.8 Å². The van der Waals surface area contributed by atoms with Crippen molar-refractivity contribution in [3.8, 4) is 0 Å². The van der Waals surface area contributed by atoms with Crippen LogP contribution in [0.5, 0.6) is 0 Å². The minimum atomic E-state index is -0.401. The van der Waals surface area contributed by atoms with Gasteiger partial charge < -0.3 is 9.47 Å². The zero-order chi connectivity index (χ0) is 11.2. The van der Waals surface area contributed by atoms with E-state index in [2.05, 4.69) is 6.92 Å². The van der Waals surface area contributed by atoms with Crippen LogP contribution in [0.2, 0.25) is 0 Å². The Morgan fingerprint density at radius 2 is 2.00 bits per heavy atom. The lowest BCUT2D eigenvalue weighted by Gasteiger charge is -2.35. The van der Waals surface area contributed by atoms with Gasteiger partial charge in [-0.3, -0.25) is 4.79 Å². The molecule has 16 heavy (non-hydrogen) atoms. The van der Waals surface area contributed by atoms with Crippen LogP contribution in [0.1, 0.15) is 39.0 Å². The summed E-state index contributed by atoms with van der Waals surface area (Å²) in [6.07, 6.45) is 4.55. The van der Waals surface area contributed by atoms with Gasteiger partial charge in [0.1, 0.15) is 5.78 Å². The molecule has 3 aliphatic rings. The molecule has 0 aromatic heterocycles. The number of carbonyl (C=O) groups excluding carboxylic acids is 1. The van der Waals surface area contributed by atoms with Crippen molar-refractivity contribution in [2.75, 3.05) is 13.2 Å². The minimum Gasteiger partial charge on any atom is -0.347 e. The van der Waals surface area contributed by atoms with Crippen LogP contribution in [0.4, 0.5) is 0 Å². The molecular weight excluding hydrogens is 204 g/mol. The number of hydrogen-bond donors (Lipinski definition) is 0. The summed E-state index contributed by atoms with van der Waals surface area (Å²) in [5.74, 6) is 1.60. The number of carbonyl (C=O) groups is 1. The summed E-state index contributed by atoms with van der Waals surface area (Å²) in [7, 11) is 0. The maximum Gasteiger partial charge on any atom is 0.171 e. The molecule has 2 saturated carbocycles. The molecule has 0 amide bonds. The molecule has 0 bridgehead atoms. The molecule has 1 saturated heterocycles. The zero-order valence-electron chi connectivity index (χ0n) is 9.91. The predicted molar refractivity (Wildman–Crippen MR) is 58.9 cm³/mol. The maximum atomic E-state index is 11.8. The van der Waals surface area contributed by atoms with Crippen LogP contribution in [0.15, 0.2) is 0 Å². The average molecular weight is 224 g/mol. The smallest absolute Gasteiger partial charge is 0.171 e. The van der Waals surface area contributed by atoms with E-state index in [0.29, 0.717) is 43.2 Å². The lowest BCUT2D eigenvalue weighted by molar-refractivity contribution is -0.205. The molecular formula is C13H20O3. The molecule has 3 fully saturated rings. The molecule has 1 heterocycles. The second kappa shape index (κ2) is 3.81. The molecule has 0 unspecified atom stereocenters. The quantitative estimate of drug-likeness (QED) is 0.632. The largest absolute Gasteiger partial charge is 0.347 e. The Morgan fingerprint density at radius 3 is 2.75 bits per heavy atom. The number of fused-ring (bicyclic) bond motifs is 2. The molecule has 0 radical (unpaired) electrons. The highest BCUT2D eigenvalue weighted by molar-refractivity contribution is 5.79. The van der Waals surface area contributed by atoms with E-state index < -0.39 is 5.79 Å². The van der Waals surface area contributed by atoms with E-state index in [-0.39, 0.29) is 0 Å². The summed E-state index contributed by atoms with van der Waals surface area (Å²) in [4.78, 5) is 11.8. The van der Waals surface area contributed by atoms with Crippen molar-refractivity contribution < 1.29 is 14.3 Å². The molecule has 3 nitrogen and oxygen atoms in total. The Morgan fingerprint density at radius 1 is 1.25 bits per heavy atom. The van der Waals surface area contributed by atoms with Crippen molar-refractivity contribution >= 4 is 5.78 Å². The summed E-state index contributed by atoms with van der Waals surface area (Å²) in [6, 6.07) is 0. The normalized spacial score (nSPS) is 42.3. The van der Waals surface area contributed by atoms with Crippen LogP contribution >= 0.6 is 0 Å². The molecule has 1 spiro atoms. The number of ether oxygens (including phenoxy) is 2. The number of hydrogen-bond acceptors (Lipinski definition) is 3. The third-order valence-corrected chi connectivity index (χ3v) is 4.74. The Hall–Kier alpha value is -0.410. The zero-order valence-corrected chi connectivity index (χ0v) is 9.91. The Kier molecular flexibility index (Phi) is 2.55. The van der Waals surface area contributed by atoms with E-state index in [9.17, 15) is 4.79 Å². The summed E-state index contributed by atoms with van der Waals surface area (Å²) >= 11 is 0. The van der Waals surface area contributed by atoms with Crippen molar-refractivity contribution in [1.82, 2.24) is 0 Å². The van der Waals surface area contributed by atoms with Gasteiger partial charge in [-0.25, -0.2) is 0 Å². The van der Waals surface area contributed by atoms with E-state index in [4.69, 9.17) is 9.47 Å². The van der Waals surface area contributed by atoms with Gasteiger partial charge in [0.25, 0.3) is 0 Å². The van der Waals surface area contributed by atoms with E-state index in [0.717, 1.165) is 12.8 Å². The highest BCUT2D eigenvalue weighted by Crippen LogP contribution is 2.51. The molecule has 3 rings (SSSR count). The Labute approximate surface area is 96.5 Å². The molecule has 1 aliphatic heterocycles. The third-order valence-electron chi connectivity index (χ3n) is 4.74. The van der Waals surface area contributed by atoms with Crippen LogP contribution in [0, 0.1) is 17.8 Å². The second-order valence-electron chi connectivity index (χ2n) is 5.58. The van der Waals surface area contributed by atoms with Crippen molar-refractivity contribution in [1.29, 1.82) is 0 Å². The van der Waals surface area contributed by atoms with Crippen LogP contribution in [0.3, 0.4) is 0 Å². The lowest BCUT2D eigenvalue weighted by atomic mass is 9.83. The highest BCUT2D eigenvalue weighted by Gasteiger charge is 2.53. The van der Waals surface area contributed by atoms with E-state index >= 15 is 0 Å². The fourth-order valence-electron chi connectivity index (χ4n) is 3.85. The predicted octanol–water partition coefficient (Wildman–Crippen LogP) is 2.14. The first kappa shape index (κ1) is 10.7. The van der Waals surface area contributed by atoms with E-state index in [1.165, 1.54) is 12.8 Å². The standard InChI is InChI=1S/C13H20O3/c1-9-2-3-12-11(9)8-10(14)4-5-13(12)15-6-7-16-13/h9,11-12H,2-8H2,1H3/t9-,11-,12-/m1/s1. The minimum absolute atomic E-state index is 0.401. The summed E-state index contributed by atoms with van der Waals surface area (Å²) in [6.45, 7) is 3.67. The summed E-state index contributed by atoms with van der Waals surface area (Å²) in [5, 5.41) is 0. The topological polar surface area (TPSA) is 35.5 Å². The summed E-state index contributed by atoms with van der Waals surface area (Å²) < 4.78 is 11.8. The van der Waals surface area contributed by atoms with Gasteiger partial charge in [-0.05, 0) is 24.7 Å². The number of Topliss-reactive ketones (excluding diaryl/α,β-unsaturated/α-hetero) is 1. The number of rotatable bonds is 0. The molecule has 0 aromatic carbocycles. The van der Waals surface area contributed by atoms with E-state index in [1.807, 2.05) is 0 Å². The molecule has 0 aromatic rings. The highest BCUT2D eigenvalue weighted by atomic mass is 16.7. The van der Waals surface area contributed by atoms with Gasteiger partial charge in [0, 0.05) is 25.2 Å². The molecule has 90 valence electrons. The van der Waals surface area contributed by atoms with E-state index in [1.54, 1.807) is 0 Å². The second-order valence-corrected chi connectivity index (χ2v) is 5.58. The van der Waals surface area contributed by atoms with Gasteiger partial charge >= 0.3 is 0 Å². The van der Waals surface area contributed by atoms with Gasteiger partial charge in [0.05, 0.1) is 13.2 Å². The lowest BCUT2D eigenvalue weighted by Crippen LogP contribution is -2.40. The van der Waals surface area contributed by atoms with Gasteiger partial charge in [-0.15, -0.1) is 0 Å². The summed E-state index contributed by atoms with van der Waals surface area (Å²) in [5.41, 5.74) is 0. The van der Waals surface area contributed by atoms with Crippen molar-refractivity contribution in [3.05, 3.63) is 0 Å². The average Bonchev–Trinajstić information content (AvgIpc) is 2.82. The fourth-order valence-corrected chi connectivity index (χ4v) is 3.85. The van der Waals surface area contributed by atoms with Crippen LogP contribution in [-0.4, -0.2) is 24.8 Å². The molecule has 0 N–H and O–H groups in total. The fraction of sp³-hybridized carbons (Fsp3) is 0.923. The van der Waals surface area contributed by atoms with Crippen molar-refractivity contribution in [3.63, 3.8) is 0 Å². The van der Waals surface area contributed by atoms with Gasteiger partial charge in [0.2, 0.25) is 0 Å². The molecule has 3 atom stereocenters. The van der Waals surface area contributed by atoms with Crippen molar-refractivity contribution in [2.24, 2.45) is 17.8 Å². The first-order valence-electron chi connectivity index (χ1n) is 6.51. The number of ketones is 1. The van der Waals surface area contributed by atoms with Gasteiger partial charge in [-0.1, -0.05) is 6.92 Å². The molecule has 3 heteroatoms. The Balaban J connectivity index is 1.91. The Bertz CT molecular complexity index is 294. The first-order valence-corrected chi connectivity index (χ1v) is 6.51. The maximum absolute atomic E-state index is 11.8. The molecule has 2 aliphatic carbocycles. The van der Waals surface area contributed by atoms with Crippen LogP contribution < -0.4 is 0 Å². The third kappa shape index (κ3) is 1.52. The first-order chi connectivity index (χ1) is 7.71. The SMILES string of the molecule is C[C@@H]1CC[C@@H]2[C@@H]1CC(=O)CCC21OCCO1. The monoisotopic (exact) mass is 224 g/mol. The van der Waals surface area contributed by atoms with Gasteiger partial charge in [0.15, 0.2) is 5.79 Å². The van der Waals surface area contributed by atoms with Crippen LogP contribution in [-0.2, 0) is 14.3 Å².